The molecule has 0 saturated heterocycles. The van der Waals surface area contributed by atoms with Crippen LogP contribution >= 0.6 is 23.2 Å². The molecule has 140 valence electrons. The van der Waals surface area contributed by atoms with Crippen LogP contribution in [0.1, 0.15) is 42.5 Å². The van der Waals surface area contributed by atoms with Crippen molar-refractivity contribution in [2.75, 3.05) is 4.90 Å². The van der Waals surface area contributed by atoms with Crippen LogP contribution in [0.2, 0.25) is 10.0 Å². The molecule has 0 aliphatic heterocycles. The van der Waals surface area contributed by atoms with Gasteiger partial charge < -0.3 is 4.90 Å². The summed E-state index contributed by atoms with van der Waals surface area (Å²) in [6.07, 6.45) is 6.50. The van der Waals surface area contributed by atoms with Crippen molar-refractivity contribution in [3.05, 3.63) is 64.1 Å². The molecule has 0 spiro atoms. The zero-order valence-corrected chi connectivity index (χ0v) is 16.7. The number of carbonyl (C=O) groups is 1. The molecule has 4 aliphatic rings. The van der Waals surface area contributed by atoms with Crippen LogP contribution in [-0.2, 0) is 0 Å². The molecule has 0 atom stereocenters. The highest BCUT2D eigenvalue weighted by molar-refractivity contribution is 6.31. The second kappa shape index (κ2) is 6.83. The quantitative estimate of drug-likeness (QED) is 0.579. The molecule has 6 rings (SSSR count). The number of hydrogen-bond donors (Lipinski definition) is 0. The molecule has 0 unspecified atom stereocenters. The van der Waals surface area contributed by atoms with Crippen LogP contribution in [0, 0.1) is 23.7 Å². The lowest BCUT2D eigenvalue weighted by atomic mass is 9.53. The van der Waals surface area contributed by atoms with E-state index in [0.29, 0.717) is 33.5 Å². The summed E-state index contributed by atoms with van der Waals surface area (Å²) in [7, 11) is 0. The van der Waals surface area contributed by atoms with E-state index in [2.05, 4.69) is 4.90 Å². The van der Waals surface area contributed by atoms with E-state index in [9.17, 15) is 4.79 Å². The molecule has 4 saturated carbocycles. The van der Waals surface area contributed by atoms with Crippen LogP contribution in [0.4, 0.5) is 5.69 Å². The highest BCUT2D eigenvalue weighted by atomic mass is 35.5. The van der Waals surface area contributed by atoms with Gasteiger partial charge in [0.15, 0.2) is 0 Å². The number of nitrogens with zero attached hydrogens (tertiary/aromatic N) is 1. The minimum Gasteiger partial charge on any atom is -0.305 e. The Labute approximate surface area is 170 Å². The van der Waals surface area contributed by atoms with E-state index in [4.69, 9.17) is 23.2 Å². The number of benzene rings is 2. The van der Waals surface area contributed by atoms with Gasteiger partial charge in [-0.1, -0.05) is 23.2 Å². The van der Waals surface area contributed by atoms with Crippen molar-refractivity contribution in [1.29, 1.82) is 0 Å². The van der Waals surface area contributed by atoms with Gasteiger partial charge in [0.1, 0.15) is 0 Å². The Morgan fingerprint density at radius 3 is 1.74 bits per heavy atom. The van der Waals surface area contributed by atoms with E-state index >= 15 is 0 Å². The van der Waals surface area contributed by atoms with E-state index in [1.54, 1.807) is 12.1 Å². The van der Waals surface area contributed by atoms with Gasteiger partial charge in [0, 0.05) is 27.3 Å². The number of hydrogen-bond acceptors (Lipinski definition) is 1. The Morgan fingerprint density at radius 1 is 0.741 bits per heavy atom. The Kier molecular flexibility index (Phi) is 4.44. The Morgan fingerprint density at radius 2 is 1.22 bits per heavy atom. The molecule has 0 radical (unpaired) electrons. The molecule has 4 heteroatoms. The van der Waals surface area contributed by atoms with Crippen molar-refractivity contribution in [3.8, 4) is 0 Å². The van der Waals surface area contributed by atoms with Crippen molar-refractivity contribution < 1.29 is 4.79 Å². The molecule has 2 aromatic rings. The van der Waals surface area contributed by atoms with Crippen molar-refractivity contribution in [3.63, 3.8) is 0 Å². The average molecular weight is 400 g/mol. The Bertz CT molecular complexity index is 818. The molecule has 4 fully saturated rings. The van der Waals surface area contributed by atoms with Crippen LogP contribution < -0.4 is 4.90 Å². The highest BCUT2D eigenvalue weighted by Gasteiger charge is 2.51. The summed E-state index contributed by atoms with van der Waals surface area (Å²) in [6.45, 7) is 0. The van der Waals surface area contributed by atoms with E-state index in [1.165, 1.54) is 32.1 Å². The summed E-state index contributed by atoms with van der Waals surface area (Å²) in [4.78, 5) is 15.7. The van der Waals surface area contributed by atoms with Gasteiger partial charge in [-0.2, -0.15) is 0 Å². The second-order valence-electron chi connectivity index (χ2n) is 8.58. The fourth-order valence-corrected chi connectivity index (χ4v) is 6.33. The first-order chi connectivity index (χ1) is 13.1. The smallest absolute Gasteiger partial charge is 0.258 e. The zero-order valence-electron chi connectivity index (χ0n) is 15.2. The van der Waals surface area contributed by atoms with Crippen molar-refractivity contribution >= 4 is 34.8 Å². The first-order valence-electron chi connectivity index (χ1n) is 9.93. The fraction of sp³-hybridized carbons (Fsp3) is 0.435. The molecule has 2 nitrogen and oxygen atoms in total. The summed E-state index contributed by atoms with van der Waals surface area (Å²) in [5, 5.41) is 1.35. The predicted octanol–water partition coefficient (Wildman–Crippen LogP) is 6.46. The van der Waals surface area contributed by atoms with Crippen LogP contribution in [0.5, 0.6) is 0 Å². The maximum absolute atomic E-state index is 13.6. The van der Waals surface area contributed by atoms with Gasteiger partial charge in [-0.3, -0.25) is 4.79 Å². The SMILES string of the molecule is O=C(c1ccc(Cl)cc1)N(c1ccc(Cl)cc1)C1C2CC3CC(C2)CC1C3. The summed E-state index contributed by atoms with van der Waals surface area (Å²) >= 11 is 12.2. The third-order valence-electron chi connectivity index (χ3n) is 6.89. The van der Waals surface area contributed by atoms with Crippen molar-refractivity contribution in [1.82, 2.24) is 0 Å². The monoisotopic (exact) mass is 399 g/mol. The third kappa shape index (κ3) is 3.17. The molecule has 4 bridgehead atoms. The first kappa shape index (κ1) is 17.6. The van der Waals surface area contributed by atoms with E-state index < -0.39 is 0 Å². The maximum Gasteiger partial charge on any atom is 0.258 e. The van der Waals surface area contributed by atoms with E-state index in [1.807, 2.05) is 36.4 Å². The first-order valence-corrected chi connectivity index (χ1v) is 10.7. The normalized spacial score (nSPS) is 31.1. The summed E-state index contributed by atoms with van der Waals surface area (Å²) in [6, 6.07) is 15.3. The topological polar surface area (TPSA) is 20.3 Å². The standard InChI is InChI=1S/C23H23Cl2NO/c24-19-3-1-16(2-4-19)23(27)26(21-7-5-20(25)6-8-21)22-17-10-14-9-15(12-17)13-18(22)11-14/h1-8,14-15,17-18,22H,9-13H2. The summed E-state index contributed by atoms with van der Waals surface area (Å²) in [5.41, 5.74) is 1.65. The molecular weight excluding hydrogens is 377 g/mol. The van der Waals surface area contributed by atoms with Gasteiger partial charge >= 0.3 is 0 Å². The number of anilines is 1. The van der Waals surface area contributed by atoms with Crippen LogP contribution in [0.25, 0.3) is 0 Å². The number of rotatable bonds is 3. The molecule has 27 heavy (non-hydrogen) atoms. The molecular formula is C23H23Cl2NO. The van der Waals surface area contributed by atoms with Gasteiger partial charge in [0.05, 0.1) is 0 Å². The minimum atomic E-state index is 0.0754. The van der Waals surface area contributed by atoms with Crippen molar-refractivity contribution in [2.45, 2.75) is 38.1 Å². The van der Waals surface area contributed by atoms with Gasteiger partial charge in [-0.25, -0.2) is 0 Å². The maximum atomic E-state index is 13.6. The lowest BCUT2D eigenvalue weighted by Crippen LogP contribution is -2.57. The fourth-order valence-electron chi connectivity index (χ4n) is 6.08. The molecule has 1 amide bonds. The van der Waals surface area contributed by atoms with Crippen LogP contribution in [0.15, 0.2) is 48.5 Å². The van der Waals surface area contributed by atoms with Crippen LogP contribution in [-0.4, -0.2) is 11.9 Å². The largest absolute Gasteiger partial charge is 0.305 e. The molecule has 4 aliphatic carbocycles. The lowest BCUT2D eigenvalue weighted by Gasteiger charge is -2.57. The minimum absolute atomic E-state index is 0.0754. The number of carbonyl (C=O) groups excluding carboxylic acids is 1. The van der Waals surface area contributed by atoms with E-state index in [0.717, 1.165) is 17.5 Å². The molecule has 0 heterocycles. The Hall–Kier alpha value is -1.51. The second-order valence-corrected chi connectivity index (χ2v) is 9.45. The molecule has 0 N–H and O–H groups in total. The van der Waals surface area contributed by atoms with E-state index in [-0.39, 0.29) is 5.91 Å². The zero-order chi connectivity index (χ0) is 18.5. The van der Waals surface area contributed by atoms with Gasteiger partial charge in [0.2, 0.25) is 0 Å². The summed E-state index contributed by atoms with van der Waals surface area (Å²) in [5.74, 6) is 3.07. The van der Waals surface area contributed by atoms with Gasteiger partial charge in [0.25, 0.3) is 5.91 Å². The van der Waals surface area contributed by atoms with Crippen molar-refractivity contribution in [2.24, 2.45) is 23.7 Å². The highest BCUT2D eigenvalue weighted by Crippen LogP contribution is 2.55. The number of halogens is 2. The van der Waals surface area contributed by atoms with Crippen LogP contribution in [0.3, 0.4) is 0 Å². The average Bonchev–Trinajstić information content (AvgIpc) is 2.65. The predicted molar refractivity (Wildman–Crippen MR) is 111 cm³/mol. The lowest BCUT2D eigenvalue weighted by molar-refractivity contribution is -0.00224. The number of amides is 1. The Balaban J connectivity index is 1.55. The summed E-state index contributed by atoms with van der Waals surface area (Å²) < 4.78 is 0. The molecule has 2 aromatic carbocycles. The van der Waals surface area contributed by atoms with Gasteiger partial charge in [-0.05, 0) is 104 Å². The third-order valence-corrected chi connectivity index (χ3v) is 7.39. The molecule has 0 aromatic heterocycles. The van der Waals surface area contributed by atoms with Gasteiger partial charge in [-0.15, -0.1) is 0 Å².